The van der Waals surface area contributed by atoms with Gasteiger partial charge in [-0.15, -0.1) is 0 Å². The number of carbonyl (C=O) groups is 1. The van der Waals surface area contributed by atoms with E-state index in [1.165, 1.54) is 13.2 Å². The summed E-state index contributed by atoms with van der Waals surface area (Å²) in [5, 5.41) is 7.03. The quantitative estimate of drug-likeness (QED) is 0.658. The predicted molar refractivity (Wildman–Crippen MR) is 115 cm³/mol. The highest BCUT2D eigenvalue weighted by atomic mass is 19.1. The van der Waals surface area contributed by atoms with E-state index in [0.717, 1.165) is 30.0 Å². The van der Waals surface area contributed by atoms with Crippen LogP contribution < -0.4 is 9.47 Å². The second-order valence-electron chi connectivity index (χ2n) is 7.42. The first kappa shape index (κ1) is 20.9. The van der Waals surface area contributed by atoms with Gasteiger partial charge < -0.3 is 14.4 Å². The van der Waals surface area contributed by atoms with Gasteiger partial charge in [-0.3, -0.25) is 14.8 Å². The molecule has 2 aromatic carbocycles. The number of H-pyrrole nitrogens is 1. The minimum absolute atomic E-state index is 0.0466. The third-order valence-electron chi connectivity index (χ3n) is 5.53. The first-order valence-electron chi connectivity index (χ1n) is 10.1. The van der Waals surface area contributed by atoms with Crippen molar-refractivity contribution in [1.29, 1.82) is 0 Å². The molecule has 1 aromatic heterocycles. The van der Waals surface area contributed by atoms with E-state index < -0.39 is 0 Å². The Balaban J connectivity index is 1.39. The van der Waals surface area contributed by atoms with Crippen molar-refractivity contribution in [1.82, 2.24) is 20.0 Å². The molecule has 1 aliphatic heterocycles. The molecular formula is C23H25FN4O3. The highest BCUT2D eigenvalue weighted by molar-refractivity contribution is 5.99. The Morgan fingerprint density at radius 2 is 1.81 bits per heavy atom. The number of nitrogens with zero attached hydrogens (tertiary/aromatic N) is 3. The van der Waals surface area contributed by atoms with E-state index in [4.69, 9.17) is 9.47 Å². The van der Waals surface area contributed by atoms with Gasteiger partial charge in [0.2, 0.25) is 0 Å². The van der Waals surface area contributed by atoms with Gasteiger partial charge in [0.15, 0.2) is 11.6 Å². The minimum atomic E-state index is -0.361. The summed E-state index contributed by atoms with van der Waals surface area (Å²) in [4.78, 5) is 17.2. The molecule has 0 bridgehead atoms. The van der Waals surface area contributed by atoms with Crippen LogP contribution in [0.4, 0.5) is 4.39 Å². The molecule has 8 heteroatoms. The van der Waals surface area contributed by atoms with Crippen molar-refractivity contribution in [2.75, 3.05) is 40.4 Å². The van der Waals surface area contributed by atoms with Crippen molar-refractivity contribution in [3.05, 3.63) is 65.6 Å². The number of hydrogen-bond acceptors (Lipinski definition) is 5. The van der Waals surface area contributed by atoms with Crippen LogP contribution in [0, 0.1) is 5.82 Å². The number of piperazine rings is 1. The van der Waals surface area contributed by atoms with Crippen LogP contribution in [0.5, 0.6) is 11.5 Å². The van der Waals surface area contributed by atoms with E-state index in [0.29, 0.717) is 30.9 Å². The number of halogens is 1. The number of hydrogen-bond donors (Lipinski definition) is 1. The number of ether oxygens (including phenoxy) is 2. The topological polar surface area (TPSA) is 70.7 Å². The van der Waals surface area contributed by atoms with Crippen LogP contribution in [0.1, 0.15) is 15.9 Å². The third-order valence-corrected chi connectivity index (χ3v) is 5.53. The molecule has 162 valence electrons. The van der Waals surface area contributed by atoms with Gasteiger partial charge in [-0.25, -0.2) is 4.39 Å². The zero-order valence-electron chi connectivity index (χ0n) is 17.6. The molecule has 0 unspecified atom stereocenters. The molecule has 1 amide bonds. The zero-order valence-corrected chi connectivity index (χ0v) is 17.6. The predicted octanol–water partition coefficient (Wildman–Crippen LogP) is 3.19. The minimum Gasteiger partial charge on any atom is -0.497 e. The number of benzene rings is 2. The molecule has 0 saturated carbocycles. The van der Waals surface area contributed by atoms with Gasteiger partial charge in [0.25, 0.3) is 5.91 Å². The van der Waals surface area contributed by atoms with Gasteiger partial charge in [-0.2, -0.15) is 5.10 Å². The fraction of sp³-hybridized carbons (Fsp3) is 0.304. The Bertz CT molecular complexity index is 1040. The molecule has 1 N–H and O–H groups in total. The fourth-order valence-electron chi connectivity index (χ4n) is 3.77. The van der Waals surface area contributed by atoms with Crippen LogP contribution in [-0.4, -0.2) is 66.3 Å². The van der Waals surface area contributed by atoms with E-state index in [1.807, 2.05) is 35.2 Å². The Hall–Kier alpha value is -3.39. The summed E-state index contributed by atoms with van der Waals surface area (Å²) < 4.78 is 24.1. The maximum absolute atomic E-state index is 13.9. The Kier molecular flexibility index (Phi) is 6.18. The van der Waals surface area contributed by atoms with Crippen molar-refractivity contribution in [2.24, 2.45) is 0 Å². The molecule has 2 heterocycles. The SMILES string of the molecule is COc1ccc(-c2[nH]ncc2C(=O)N2CCN(Cc3ccc(OC)c(F)c3)CC2)cc1. The van der Waals surface area contributed by atoms with Crippen molar-refractivity contribution >= 4 is 5.91 Å². The molecule has 0 atom stereocenters. The van der Waals surface area contributed by atoms with Crippen molar-refractivity contribution in [3.8, 4) is 22.8 Å². The van der Waals surface area contributed by atoms with Gasteiger partial charge in [-0.1, -0.05) is 6.07 Å². The first-order valence-corrected chi connectivity index (χ1v) is 10.1. The average molecular weight is 424 g/mol. The summed E-state index contributed by atoms with van der Waals surface area (Å²) in [5.41, 5.74) is 3.01. The van der Waals surface area contributed by atoms with Crippen LogP contribution in [-0.2, 0) is 6.54 Å². The summed E-state index contributed by atoms with van der Waals surface area (Å²) >= 11 is 0. The number of carbonyl (C=O) groups excluding carboxylic acids is 1. The second-order valence-corrected chi connectivity index (χ2v) is 7.42. The van der Waals surface area contributed by atoms with Gasteiger partial charge in [0.1, 0.15) is 5.75 Å². The molecule has 7 nitrogen and oxygen atoms in total. The molecule has 4 rings (SSSR count). The Labute approximate surface area is 180 Å². The molecule has 1 fully saturated rings. The maximum Gasteiger partial charge on any atom is 0.257 e. The molecule has 1 saturated heterocycles. The van der Waals surface area contributed by atoms with Crippen molar-refractivity contribution in [3.63, 3.8) is 0 Å². The number of nitrogens with one attached hydrogen (secondary N) is 1. The fourth-order valence-corrected chi connectivity index (χ4v) is 3.77. The highest BCUT2D eigenvalue weighted by Crippen LogP contribution is 2.25. The van der Waals surface area contributed by atoms with Crippen LogP contribution in [0.25, 0.3) is 11.3 Å². The smallest absolute Gasteiger partial charge is 0.257 e. The molecule has 0 spiro atoms. The Morgan fingerprint density at radius 1 is 1.06 bits per heavy atom. The largest absolute Gasteiger partial charge is 0.497 e. The van der Waals surface area contributed by atoms with E-state index in [1.54, 1.807) is 19.4 Å². The molecule has 0 aliphatic carbocycles. The summed E-state index contributed by atoms with van der Waals surface area (Å²) in [6.07, 6.45) is 1.58. The average Bonchev–Trinajstić information content (AvgIpc) is 3.29. The Morgan fingerprint density at radius 3 is 2.45 bits per heavy atom. The first-order chi connectivity index (χ1) is 15.1. The van der Waals surface area contributed by atoms with Crippen LogP contribution >= 0.6 is 0 Å². The molecule has 1 aliphatic rings. The number of aromatic nitrogens is 2. The molecule has 3 aromatic rings. The zero-order chi connectivity index (χ0) is 21.8. The van der Waals surface area contributed by atoms with Gasteiger partial charge >= 0.3 is 0 Å². The summed E-state index contributed by atoms with van der Waals surface area (Å²) in [7, 11) is 3.07. The van der Waals surface area contributed by atoms with Gasteiger partial charge in [0, 0.05) is 38.3 Å². The van der Waals surface area contributed by atoms with Crippen LogP contribution in [0.3, 0.4) is 0 Å². The van der Waals surface area contributed by atoms with Gasteiger partial charge in [-0.05, 0) is 42.0 Å². The molecule has 31 heavy (non-hydrogen) atoms. The number of aromatic amines is 1. The lowest BCUT2D eigenvalue weighted by molar-refractivity contribution is 0.0629. The molecular weight excluding hydrogens is 399 g/mol. The highest BCUT2D eigenvalue weighted by Gasteiger charge is 2.25. The summed E-state index contributed by atoms with van der Waals surface area (Å²) in [5.74, 6) is 0.588. The lowest BCUT2D eigenvalue weighted by atomic mass is 10.1. The standard InChI is InChI=1S/C23H25FN4O3/c1-30-18-6-4-17(5-7-18)22-19(14-25-26-22)23(29)28-11-9-27(10-12-28)15-16-3-8-21(31-2)20(24)13-16/h3-8,13-14H,9-12,15H2,1-2H3,(H,25,26). The molecule has 0 radical (unpaired) electrons. The second kappa shape index (κ2) is 9.18. The van der Waals surface area contributed by atoms with E-state index in [9.17, 15) is 9.18 Å². The van der Waals surface area contributed by atoms with E-state index in [-0.39, 0.29) is 17.5 Å². The third kappa shape index (κ3) is 4.54. The number of rotatable bonds is 6. The number of amides is 1. The van der Waals surface area contributed by atoms with Crippen molar-refractivity contribution < 1.29 is 18.7 Å². The monoisotopic (exact) mass is 424 g/mol. The lowest BCUT2D eigenvalue weighted by Gasteiger charge is -2.34. The summed E-state index contributed by atoms with van der Waals surface area (Å²) in [6.45, 7) is 3.27. The number of methoxy groups -OCH3 is 2. The maximum atomic E-state index is 13.9. The lowest BCUT2D eigenvalue weighted by Crippen LogP contribution is -2.48. The summed E-state index contributed by atoms with van der Waals surface area (Å²) in [6, 6.07) is 12.5. The van der Waals surface area contributed by atoms with E-state index in [2.05, 4.69) is 15.1 Å². The normalized spacial score (nSPS) is 14.5. The van der Waals surface area contributed by atoms with Crippen LogP contribution in [0.15, 0.2) is 48.7 Å². The van der Waals surface area contributed by atoms with Crippen molar-refractivity contribution in [2.45, 2.75) is 6.54 Å². The van der Waals surface area contributed by atoms with Crippen LogP contribution in [0.2, 0.25) is 0 Å². The van der Waals surface area contributed by atoms with Gasteiger partial charge in [0.05, 0.1) is 31.7 Å². The van der Waals surface area contributed by atoms with E-state index >= 15 is 0 Å².